The summed E-state index contributed by atoms with van der Waals surface area (Å²) in [5.74, 6) is 0.0243. The van der Waals surface area contributed by atoms with Crippen LogP contribution in [0.3, 0.4) is 0 Å². The van der Waals surface area contributed by atoms with Crippen molar-refractivity contribution in [2.24, 2.45) is 0 Å². The van der Waals surface area contributed by atoms with Gasteiger partial charge in [0.05, 0.1) is 31.8 Å². The van der Waals surface area contributed by atoms with Crippen LogP contribution in [0, 0.1) is 6.57 Å². The minimum atomic E-state index is -4.54. The lowest BCUT2D eigenvalue weighted by atomic mass is 9.98. The fraction of sp³-hybridized carbons (Fsp3) is 0.200. The van der Waals surface area contributed by atoms with Gasteiger partial charge >= 0.3 is 6.18 Å². The number of halogens is 3. The van der Waals surface area contributed by atoms with E-state index in [4.69, 9.17) is 16.3 Å². The third-order valence-corrected chi connectivity index (χ3v) is 7.18. The van der Waals surface area contributed by atoms with Crippen molar-refractivity contribution in [2.45, 2.75) is 25.7 Å². The molecule has 0 radical (unpaired) electrons. The highest BCUT2D eigenvalue weighted by Gasteiger charge is 2.41. The molecule has 0 saturated carbocycles. The van der Waals surface area contributed by atoms with Gasteiger partial charge in [0.15, 0.2) is 11.5 Å². The first kappa shape index (κ1) is 25.4. The lowest BCUT2D eigenvalue weighted by Crippen LogP contribution is -2.37. The first-order valence-electron chi connectivity index (χ1n) is 12.6. The van der Waals surface area contributed by atoms with E-state index in [1.807, 2.05) is 59.5 Å². The summed E-state index contributed by atoms with van der Waals surface area (Å²) in [6.45, 7) is 9.55. The second kappa shape index (κ2) is 9.68. The molecular formula is C30H23F3N6O. The molecule has 0 fully saturated rings. The van der Waals surface area contributed by atoms with Gasteiger partial charge < -0.3 is 14.2 Å². The highest BCUT2D eigenvalue weighted by Crippen LogP contribution is 2.40. The Bertz CT molecular complexity index is 1750. The summed E-state index contributed by atoms with van der Waals surface area (Å²) in [7, 11) is 1.63. The number of para-hydroxylation sites is 1. The van der Waals surface area contributed by atoms with E-state index in [9.17, 15) is 13.2 Å². The topological polar surface area (TPSA) is 60.4 Å². The maximum absolute atomic E-state index is 13.3. The lowest BCUT2D eigenvalue weighted by molar-refractivity contribution is -0.148. The fourth-order valence-electron chi connectivity index (χ4n) is 5.34. The summed E-state index contributed by atoms with van der Waals surface area (Å²) >= 11 is 0. The van der Waals surface area contributed by atoms with E-state index < -0.39 is 18.0 Å². The van der Waals surface area contributed by atoms with Crippen molar-refractivity contribution >= 4 is 22.3 Å². The zero-order chi connectivity index (χ0) is 28.0. The van der Waals surface area contributed by atoms with Crippen molar-refractivity contribution in [1.82, 2.24) is 19.7 Å². The van der Waals surface area contributed by atoms with Crippen molar-refractivity contribution in [3.8, 4) is 28.0 Å². The van der Waals surface area contributed by atoms with Gasteiger partial charge in [-0.25, -0.2) is 4.85 Å². The van der Waals surface area contributed by atoms with Gasteiger partial charge in [0, 0.05) is 34.9 Å². The van der Waals surface area contributed by atoms with E-state index >= 15 is 0 Å². The molecular weight excluding hydrogens is 517 g/mol. The van der Waals surface area contributed by atoms with Crippen molar-refractivity contribution in [1.29, 1.82) is 0 Å². The molecule has 6 rings (SSSR count). The molecule has 1 aliphatic heterocycles. The molecule has 0 aliphatic carbocycles. The summed E-state index contributed by atoms with van der Waals surface area (Å²) in [4.78, 5) is 10.3. The molecule has 1 atom stereocenters. The van der Waals surface area contributed by atoms with Gasteiger partial charge in [0.2, 0.25) is 5.82 Å². The van der Waals surface area contributed by atoms with E-state index in [1.54, 1.807) is 32.4 Å². The SMILES string of the molecule is [C-]#[N+]c1ccc(-c2cccc3c(OC)c(-c4ccc(N5Cc6nnc(C(F)(F)F)n6C(C)C5)cc4)cnc23)cc1. The number of methoxy groups -OCH3 is 1. The number of pyridine rings is 1. The number of nitrogens with zero attached hydrogens (tertiary/aromatic N) is 6. The third-order valence-electron chi connectivity index (χ3n) is 7.18. The minimum Gasteiger partial charge on any atom is -0.495 e. The summed E-state index contributed by atoms with van der Waals surface area (Å²) in [5.41, 5.74) is 5.86. The largest absolute Gasteiger partial charge is 0.495 e. The van der Waals surface area contributed by atoms with E-state index in [0.29, 0.717) is 18.0 Å². The number of anilines is 1. The lowest BCUT2D eigenvalue weighted by Gasteiger charge is -2.34. The summed E-state index contributed by atoms with van der Waals surface area (Å²) in [5, 5.41) is 8.09. The van der Waals surface area contributed by atoms with Crippen LogP contribution < -0.4 is 9.64 Å². The molecule has 0 N–H and O–H groups in total. The second-order valence-corrected chi connectivity index (χ2v) is 9.65. The number of aromatic nitrogens is 4. The van der Waals surface area contributed by atoms with Crippen molar-refractivity contribution in [2.75, 3.05) is 18.6 Å². The Hall–Kier alpha value is -4.91. The van der Waals surface area contributed by atoms with Crippen molar-refractivity contribution in [3.05, 3.63) is 96.0 Å². The van der Waals surface area contributed by atoms with Crippen LogP contribution in [0.15, 0.2) is 72.9 Å². The number of hydrogen-bond acceptors (Lipinski definition) is 5. The molecule has 2 aromatic heterocycles. The zero-order valence-corrected chi connectivity index (χ0v) is 21.6. The highest BCUT2D eigenvalue weighted by molar-refractivity contribution is 6.00. The normalized spacial score (nSPS) is 15.1. The van der Waals surface area contributed by atoms with Crippen LogP contribution in [0.4, 0.5) is 24.5 Å². The highest BCUT2D eigenvalue weighted by atomic mass is 19.4. The Balaban J connectivity index is 1.32. The smallest absolute Gasteiger partial charge is 0.451 e. The monoisotopic (exact) mass is 540 g/mol. The van der Waals surface area contributed by atoms with Crippen LogP contribution in [-0.4, -0.2) is 33.4 Å². The Morgan fingerprint density at radius 2 is 1.65 bits per heavy atom. The number of rotatable bonds is 4. The van der Waals surface area contributed by atoms with Crippen LogP contribution >= 0.6 is 0 Å². The third kappa shape index (κ3) is 4.29. The van der Waals surface area contributed by atoms with Gasteiger partial charge in [-0.15, -0.1) is 10.2 Å². The number of fused-ring (bicyclic) bond motifs is 2. The van der Waals surface area contributed by atoms with E-state index in [0.717, 1.165) is 38.8 Å². The molecule has 40 heavy (non-hydrogen) atoms. The number of alkyl halides is 3. The van der Waals surface area contributed by atoms with Gasteiger partial charge in [-0.3, -0.25) is 4.98 Å². The molecule has 0 amide bonds. The molecule has 7 nitrogen and oxygen atoms in total. The quantitative estimate of drug-likeness (QED) is 0.224. The van der Waals surface area contributed by atoms with E-state index in [2.05, 4.69) is 15.0 Å². The number of benzene rings is 3. The number of hydrogen-bond donors (Lipinski definition) is 0. The maximum atomic E-state index is 13.3. The van der Waals surface area contributed by atoms with Crippen LogP contribution in [0.5, 0.6) is 5.75 Å². The molecule has 1 aliphatic rings. The molecule has 3 heterocycles. The Morgan fingerprint density at radius 3 is 2.33 bits per heavy atom. The Morgan fingerprint density at radius 1 is 0.950 bits per heavy atom. The van der Waals surface area contributed by atoms with Crippen LogP contribution in [0.25, 0.3) is 38.0 Å². The van der Waals surface area contributed by atoms with E-state index in [-0.39, 0.29) is 12.4 Å². The maximum Gasteiger partial charge on any atom is 0.451 e. The summed E-state index contributed by atoms with van der Waals surface area (Å²) in [6.07, 6.45) is -2.75. The minimum absolute atomic E-state index is 0.229. The second-order valence-electron chi connectivity index (χ2n) is 9.65. The van der Waals surface area contributed by atoms with Crippen LogP contribution in [-0.2, 0) is 12.7 Å². The molecule has 0 saturated heterocycles. The predicted octanol–water partition coefficient (Wildman–Crippen LogP) is 7.32. The molecule has 200 valence electrons. The standard InChI is InChI=1S/C30H23F3N6O/c1-18-16-38(17-26-36-37-29(39(18)26)30(31,32)33)22-13-9-20(10-14-22)25-15-35-27-23(5-4-6-24(27)28(25)40-3)19-7-11-21(34-2)12-8-19/h4-15,18H,16-17H2,1,3H3. The first-order valence-corrected chi connectivity index (χ1v) is 12.6. The summed E-state index contributed by atoms with van der Waals surface area (Å²) in [6, 6.07) is 20.7. The van der Waals surface area contributed by atoms with Crippen LogP contribution in [0.2, 0.25) is 0 Å². The molecule has 0 bridgehead atoms. The molecule has 5 aromatic rings. The molecule has 3 aromatic carbocycles. The van der Waals surface area contributed by atoms with Gasteiger partial charge in [-0.2, -0.15) is 13.2 Å². The predicted molar refractivity (Wildman–Crippen MR) is 146 cm³/mol. The van der Waals surface area contributed by atoms with Gasteiger partial charge in [-0.05, 0) is 36.2 Å². The molecule has 0 spiro atoms. The zero-order valence-electron chi connectivity index (χ0n) is 21.6. The van der Waals surface area contributed by atoms with E-state index in [1.165, 1.54) is 4.57 Å². The summed E-state index contributed by atoms with van der Waals surface area (Å²) < 4.78 is 47.1. The van der Waals surface area contributed by atoms with Gasteiger partial charge in [0.25, 0.3) is 0 Å². The Kier molecular flexibility index (Phi) is 6.14. The Labute approximate surface area is 228 Å². The van der Waals surface area contributed by atoms with Gasteiger partial charge in [0.1, 0.15) is 5.75 Å². The van der Waals surface area contributed by atoms with Crippen molar-refractivity contribution < 1.29 is 17.9 Å². The first-order chi connectivity index (χ1) is 19.3. The molecule has 1 unspecified atom stereocenters. The molecule has 10 heteroatoms. The number of ether oxygens (including phenoxy) is 1. The van der Waals surface area contributed by atoms with Crippen LogP contribution in [0.1, 0.15) is 24.6 Å². The average molecular weight is 541 g/mol. The average Bonchev–Trinajstić information content (AvgIpc) is 3.42. The fourth-order valence-corrected chi connectivity index (χ4v) is 5.34. The van der Waals surface area contributed by atoms with Gasteiger partial charge in [-0.1, -0.05) is 48.5 Å². The van der Waals surface area contributed by atoms with Crippen molar-refractivity contribution in [3.63, 3.8) is 0 Å².